The Morgan fingerprint density at radius 3 is 2.36 bits per heavy atom. The van der Waals surface area contributed by atoms with Gasteiger partial charge in [-0.05, 0) is 73.9 Å². The Kier molecular flexibility index (Phi) is 15.3. The van der Waals surface area contributed by atoms with Crippen molar-refractivity contribution < 1.29 is 33.1 Å². The Hall–Kier alpha value is -3.48. The van der Waals surface area contributed by atoms with Crippen LogP contribution in [-0.2, 0) is 35.1 Å². The molecule has 1 saturated heterocycles. The molecule has 0 spiro atoms. The van der Waals surface area contributed by atoms with Crippen molar-refractivity contribution in [2.45, 2.75) is 122 Å². The Morgan fingerprint density at radius 2 is 1.70 bits per heavy atom. The first-order valence-electron chi connectivity index (χ1n) is 18.0. The molecule has 2 bridgehead atoms. The monoisotopic (exact) mass is 712 g/mol. The fourth-order valence-corrected chi connectivity index (χ4v) is 6.71. The average molecular weight is 713 g/mol. The minimum Gasteiger partial charge on any atom is -0.543 e. The van der Waals surface area contributed by atoms with Crippen LogP contribution in [-0.4, -0.2) is 81.5 Å². The third-order valence-corrected chi connectivity index (χ3v) is 14.3. The highest BCUT2D eigenvalue weighted by Gasteiger charge is 2.39. The standard InChI is InChI=1S/C38H60N4O7Si/c1-26(2)33-35(44)39-31(25-28-18-16-19-29(24-28)49-50(8,9)38(4,5)6)36(45)42-22-17-20-30(41-42)37(46)48-23-15-13-11-10-12-14-21-32(47-7)27(3)34(43)40-33/h10-13,16,18-19,24,26-27,30-33,41H,14-15,17,20-23,25H2,1-9H3,(H,39,44)(H,40,43)/b12-10-,13-11-/t27-,30+,31+,32-,33+/m1/s1. The summed E-state index contributed by atoms with van der Waals surface area (Å²) in [6.45, 7) is 17.0. The zero-order chi connectivity index (χ0) is 37.1. The van der Waals surface area contributed by atoms with Crippen LogP contribution in [0.15, 0.2) is 48.6 Å². The van der Waals surface area contributed by atoms with Gasteiger partial charge < -0.3 is 24.5 Å². The molecule has 1 fully saturated rings. The van der Waals surface area contributed by atoms with Crippen molar-refractivity contribution >= 4 is 32.0 Å². The van der Waals surface area contributed by atoms with Gasteiger partial charge in [-0.2, -0.15) is 0 Å². The molecule has 1 aromatic carbocycles. The highest BCUT2D eigenvalue weighted by Crippen LogP contribution is 2.37. The number of benzene rings is 1. The van der Waals surface area contributed by atoms with Gasteiger partial charge in [0.15, 0.2) is 0 Å². The summed E-state index contributed by atoms with van der Waals surface area (Å²) in [5.41, 5.74) is 3.87. The first-order chi connectivity index (χ1) is 23.5. The van der Waals surface area contributed by atoms with Crippen LogP contribution < -0.4 is 20.5 Å². The van der Waals surface area contributed by atoms with Gasteiger partial charge in [-0.25, -0.2) is 5.43 Å². The van der Waals surface area contributed by atoms with Crippen molar-refractivity contribution in [3.8, 4) is 5.75 Å². The lowest BCUT2D eigenvalue weighted by Crippen LogP contribution is -2.62. The molecule has 2 aliphatic rings. The molecular formula is C38H60N4O7Si. The van der Waals surface area contributed by atoms with Gasteiger partial charge in [0, 0.05) is 20.1 Å². The van der Waals surface area contributed by atoms with Gasteiger partial charge in [0.2, 0.25) is 20.1 Å². The maximum Gasteiger partial charge on any atom is 0.324 e. The number of amides is 3. The van der Waals surface area contributed by atoms with Crippen molar-refractivity contribution in [2.24, 2.45) is 11.8 Å². The fraction of sp³-hybridized carbons (Fsp3) is 0.632. The fourth-order valence-electron chi connectivity index (χ4n) is 5.68. The number of fused-ring (bicyclic) bond motifs is 2. The zero-order valence-electron chi connectivity index (χ0n) is 31.5. The summed E-state index contributed by atoms with van der Waals surface area (Å²) < 4.78 is 17.7. The van der Waals surface area contributed by atoms with Crippen LogP contribution in [0.1, 0.15) is 79.2 Å². The van der Waals surface area contributed by atoms with Gasteiger partial charge in [0.25, 0.3) is 5.91 Å². The zero-order valence-corrected chi connectivity index (χ0v) is 32.5. The summed E-state index contributed by atoms with van der Waals surface area (Å²) in [5, 5.41) is 7.32. The van der Waals surface area contributed by atoms with E-state index in [2.05, 4.69) is 49.9 Å². The topological polar surface area (TPSA) is 135 Å². The maximum absolute atomic E-state index is 14.2. The van der Waals surface area contributed by atoms with E-state index in [1.54, 1.807) is 14.0 Å². The van der Waals surface area contributed by atoms with E-state index in [0.29, 0.717) is 44.4 Å². The molecule has 12 heteroatoms. The normalized spacial score (nSPS) is 26.9. The van der Waals surface area contributed by atoms with E-state index in [0.717, 1.165) is 5.56 Å². The van der Waals surface area contributed by atoms with Crippen LogP contribution in [0.3, 0.4) is 0 Å². The molecule has 0 saturated carbocycles. The largest absolute Gasteiger partial charge is 0.543 e. The van der Waals surface area contributed by atoms with E-state index < -0.39 is 44.2 Å². The number of hydrogen-bond acceptors (Lipinski definition) is 8. The van der Waals surface area contributed by atoms with Gasteiger partial charge in [0.05, 0.1) is 18.6 Å². The molecule has 11 nitrogen and oxygen atoms in total. The Labute approximate surface area is 300 Å². The predicted molar refractivity (Wildman–Crippen MR) is 198 cm³/mol. The third-order valence-electron chi connectivity index (χ3n) is 9.92. The van der Waals surface area contributed by atoms with E-state index in [1.165, 1.54) is 5.01 Å². The van der Waals surface area contributed by atoms with E-state index in [9.17, 15) is 19.2 Å². The van der Waals surface area contributed by atoms with Crippen LogP contribution in [0.25, 0.3) is 0 Å². The summed E-state index contributed by atoms with van der Waals surface area (Å²) in [6.07, 6.45) is 10.5. The predicted octanol–water partition coefficient (Wildman–Crippen LogP) is 5.22. The molecule has 50 heavy (non-hydrogen) atoms. The quantitative estimate of drug-likeness (QED) is 0.270. The second-order valence-electron chi connectivity index (χ2n) is 15.3. The molecule has 5 atom stereocenters. The first-order valence-corrected chi connectivity index (χ1v) is 20.9. The second-order valence-corrected chi connectivity index (χ2v) is 20.0. The van der Waals surface area contributed by atoms with Gasteiger partial charge in [0.1, 0.15) is 23.9 Å². The highest BCUT2D eigenvalue weighted by molar-refractivity contribution is 6.74. The van der Waals surface area contributed by atoms with Crippen LogP contribution in [0.5, 0.6) is 5.75 Å². The maximum atomic E-state index is 14.2. The molecule has 1 aromatic rings. The van der Waals surface area contributed by atoms with Crippen LogP contribution in [0.4, 0.5) is 0 Å². The lowest BCUT2D eigenvalue weighted by Gasteiger charge is -2.36. The average Bonchev–Trinajstić information content (AvgIpc) is 3.05. The molecule has 3 N–H and O–H groups in total. The summed E-state index contributed by atoms with van der Waals surface area (Å²) in [7, 11) is -0.556. The number of hydrogen-bond donors (Lipinski definition) is 3. The molecule has 3 amide bonds. The summed E-state index contributed by atoms with van der Waals surface area (Å²) in [5.74, 6) is -1.64. The van der Waals surface area contributed by atoms with Crippen molar-refractivity contribution in [1.29, 1.82) is 0 Å². The van der Waals surface area contributed by atoms with Gasteiger partial charge in [-0.1, -0.05) is 78.0 Å². The number of rotatable bonds is 6. The van der Waals surface area contributed by atoms with Crippen molar-refractivity contribution in [3.63, 3.8) is 0 Å². The van der Waals surface area contributed by atoms with Crippen molar-refractivity contribution in [1.82, 2.24) is 21.1 Å². The number of hydrazine groups is 1. The molecular weight excluding hydrogens is 653 g/mol. The number of carbonyl (C=O) groups excluding carboxylic acids is 4. The first kappa shape index (κ1) is 40.9. The molecule has 2 aliphatic heterocycles. The Morgan fingerprint density at radius 1 is 1.00 bits per heavy atom. The number of esters is 1. The lowest BCUT2D eigenvalue weighted by atomic mass is 9.96. The number of nitrogens with one attached hydrogen (secondary N) is 3. The van der Waals surface area contributed by atoms with E-state index in [1.807, 2.05) is 62.4 Å². The van der Waals surface area contributed by atoms with Crippen LogP contribution >= 0.6 is 0 Å². The lowest BCUT2D eigenvalue weighted by molar-refractivity contribution is -0.153. The molecule has 0 unspecified atom stereocenters. The minimum absolute atomic E-state index is 0.00654. The van der Waals surface area contributed by atoms with Gasteiger partial charge in [-0.3, -0.25) is 24.2 Å². The minimum atomic E-state index is -2.14. The Bertz CT molecular complexity index is 1370. The van der Waals surface area contributed by atoms with E-state index >= 15 is 0 Å². The van der Waals surface area contributed by atoms with Crippen LogP contribution in [0, 0.1) is 11.8 Å². The SMILES string of the molecule is CO[C@@H]1CC/C=C\C=C/CCOC(=O)[C@@H]2CCCN(N2)C(=O)[C@H](Cc2cccc(O[Si](C)(C)C(C)(C)C)c2)NC(=O)[C@H](C(C)C)NC(=O)[C@@H]1C. The second kappa shape index (κ2) is 18.7. The van der Waals surface area contributed by atoms with E-state index in [-0.39, 0.29) is 41.9 Å². The number of allylic oxidation sites excluding steroid dienone is 3. The van der Waals surface area contributed by atoms with Crippen LogP contribution in [0.2, 0.25) is 18.1 Å². The third kappa shape index (κ3) is 11.8. The summed E-state index contributed by atoms with van der Waals surface area (Å²) >= 11 is 0. The molecule has 0 aromatic heterocycles. The highest BCUT2D eigenvalue weighted by atomic mass is 28.4. The van der Waals surface area contributed by atoms with E-state index in [4.69, 9.17) is 13.9 Å². The smallest absolute Gasteiger partial charge is 0.324 e. The number of ether oxygens (including phenoxy) is 2. The van der Waals surface area contributed by atoms with Crippen molar-refractivity contribution in [3.05, 3.63) is 54.1 Å². The summed E-state index contributed by atoms with van der Waals surface area (Å²) in [4.78, 5) is 54.7. The molecule has 0 radical (unpaired) electrons. The molecule has 3 rings (SSSR count). The molecule has 0 aliphatic carbocycles. The number of cyclic esters (lactones) is 1. The number of carbonyl (C=O) groups is 4. The summed E-state index contributed by atoms with van der Waals surface area (Å²) in [6, 6.07) is 5.04. The van der Waals surface area contributed by atoms with Crippen molar-refractivity contribution in [2.75, 3.05) is 20.3 Å². The molecule has 278 valence electrons. The number of methoxy groups -OCH3 is 1. The molecule has 2 heterocycles. The van der Waals surface area contributed by atoms with Gasteiger partial charge >= 0.3 is 5.97 Å². The Balaban J connectivity index is 1.95. The number of nitrogens with zero attached hydrogens (tertiary/aromatic N) is 1. The van der Waals surface area contributed by atoms with Gasteiger partial charge in [-0.15, -0.1) is 0 Å².